The van der Waals surface area contributed by atoms with Crippen LogP contribution in [0.1, 0.15) is 16.7 Å². The van der Waals surface area contributed by atoms with E-state index in [-0.39, 0.29) is 6.61 Å². The summed E-state index contributed by atoms with van der Waals surface area (Å²) < 4.78 is 0. The maximum atomic E-state index is 9.96. The molecule has 0 aromatic heterocycles. The summed E-state index contributed by atoms with van der Waals surface area (Å²) in [5, 5.41) is 11.0. The summed E-state index contributed by atoms with van der Waals surface area (Å²) in [5.74, 6) is 0. The maximum absolute atomic E-state index is 9.96. The maximum Gasteiger partial charge on any atom is 0.0624 e. The molecule has 1 atom stereocenters. The Bertz CT molecular complexity index is 607. The van der Waals surface area contributed by atoms with Crippen LogP contribution in [0.15, 0.2) is 42.5 Å². The Labute approximate surface area is 135 Å². The van der Waals surface area contributed by atoms with Crippen molar-refractivity contribution < 1.29 is 5.11 Å². The van der Waals surface area contributed by atoms with Gasteiger partial charge in [0.05, 0.1) is 16.7 Å². The SMILES string of the molecule is Cc1ccc(C(CN)(CO)Cc2cccc(Cl)c2Cl)cc1. The van der Waals surface area contributed by atoms with Gasteiger partial charge in [0.1, 0.15) is 0 Å². The van der Waals surface area contributed by atoms with Crippen molar-refractivity contribution in [3.8, 4) is 0 Å². The third kappa shape index (κ3) is 3.41. The van der Waals surface area contributed by atoms with E-state index in [0.29, 0.717) is 23.0 Å². The van der Waals surface area contributed by atoms with Gasteiger partial charge in [-0.25, -0.2) is 0 Å². The minimum Gasteiger partial charge on any atom is -0.395 e. The van der Waals surface area contributed by atoms with Gasteiger partial charge in [-0.05, 0) is 30.5 Å². The quantitative estimate of drug-likeness (QED) is 0.880. The summed E-state index contributed by atoms with van der Waals surface area (Å²) in [4.78, 5) is 0. The number of halogens is 2. The Morgan fingerprint density at radius 2 is 1.76 bits per heavy atom. The van der Waals surface area contributed by atoms with Crippen molar-refractivity contribution >= 4 is 23.2 Å². The molecule has 3 N–H and O–H groups in total. The summed E-state index contributed by atoms with van der Waals surface area (Å²) in [6, 6.07) is 13.6. The highest BCUT2D eigenvalue weighted by Crippen LogP contribution is 2.33. The first-order valence-corrected chi connectivity index (χ1v) is 7.59. The lowest BCUT2D eigenvalue weighted by atomic mass is 9.76. The van der Waals surface area contributed by atoms with Gasteiger partial charge >= 0.3 is 0 Å². The highest BCUT2D eigenvalue weighted by Gasteiger charge is 2.31. The van der Waals surface area contributed by atoms with Crippen LogP contribution in [0.25, 0.3) is 0 Å². The number of benzene rings is 2. The molecule has 2 nitrogen and oxygen atoms in total. The predicted molar refractivity (Wildman–Crippen MR) is 89.2 cm³/mol. The van der Waals surface area contributed by atoms with E-state index in [2.05, 4.69) is 0 Å². The summed E-state index contributed by atoms with van der Waals surface area (Å²) >= 11 is 12.3. The van der Waals surface area contributed by atoms with Gasteiger partial charge in [-0.15, -0.1) is 0 Å². The molecule has 0 aliphatic heterocycles. The molecule has 2 rings (SSSR count). The van der Waals surface area contributed by atoms with Crippen LogP contribution in [-0.4, -0.2) is 18.3 Å². The van der Waals surface area contributed by atoms with Crippen molar-refractivity contribution in [2.24, 2.45) is 5.73 Å². The fraction of sp³-hybridized carbons (Fsp3) is 0.294. The summed E-state index contributed by atoms with van der Waals surface area (Å²) in [6.45, 7) is 2.31. The molecular formula is C17H19Cl2NO. The highest BCUT2D eigenvalue weighted by molar-refractivity contribution is 6.42. The Morgan fingerprint density at radius 1 is 1.10 bits per heavy atom. The molecule has 21 heavy (non-hydrogen) atoms. The van der Waals surface area contributed by atoms with Crippen LogP contribution in [0.3, 0.4) is 0 Å². The molecule has 0 spiro atoms. The highest BCUT2D eigenvalue weighted by atomic mass is 35.5. The molecule has 0 bridgehead atoms. The van der Waals surface area contributed by atoms with Crippen molar-refractivity contribution in [1.82, 2.24) is 0 Å². The Hall–Kier alpha value is -1.06. The van der Waals surface area contributed by atoms with Crippen molar-refractivity contribution in [2.45, 2.75) is 18.8 Å². The zero-order valence-corrected chi connectivity index (χ0v) is 13.5. The molecule has 0 amide bonds. The van der Waals surface area contributed by atoms with Crippen LogP contribution in [0.5, 0.6) is 0 Å². The van der Waals surface area contributed by atoms with Crippen LogP contribution in [0.2, 0.25) is 10.0 Å². The minimum atomic E-state index is -0.554. The normalized spacial score (nSPS) is 14.0. The summed E-state index contributed by atoms with van der Waals surface area (Å²) in [5.41, 5.74) is 8.51. The number of hydrogen-bond donors (Lipinski definition) is 2. The average molecular weight is 324 g/mol. The van der Waals surface area contributed by atoms with Crippen LogP contribution < -0.4 is 5.73 Å². The number of aliphatic hydroxyl groups is 1. The van der Waals surface area contributed by atoms with Crippen molar-refractivity contribution in [2.75, 3.05) is 13.2 Å². The third-order valence-corrected chi connectivity index (χ3v) is 4.78. The van der Waals surface area contributed by atoms with E-state index in [4.69, 9.17) is 28.9 Å². The van der Waals surface area contributed by atoms with E-state index < -0.39 is 5.41 Å². The number of nitrogens with two attached hydrogens (primary N) is 1. The zero-order chi connectivity index (χ0) is 15.5. The second kappa shape index (κ2) is 6.80. The van der Waals surface area contributed by atoms with Gasteiger partial charge in [0.15, 0.2) is 0 Å². The van der Waals surface area contributed by atoms with Gasteiger partial charge in [0.25, 0.3) is 0 Å². The number of hydrogen-bond acceptors (Lipinski definition) is 2. The molecule has 0 saturated heterocycles. The largest absolute Gasteiger partial charge is 0.395 e. The van der Waals surface area contributed by atoms with Crippen molar-refractivity contribution in [3.63, 3.8) is 0 Å². The van der Waals surface area contributed by atoms with Gasteiger partial charge in [0.2, 0.25) is 0 Å². The van der Waals surface area contributed by atoms with E-state index >= 15 is 0 Å². The van der Waals surface area contributed by atoms with E-state index in [1.165, 1.54) is 5.56 Å². The molecule has 2 aromatic rings. The molecule has 2 aromatic carbocycles. The second-order valence-corrected chi connectivity index (χ2v) is 6.18. The predicted octanol–water partition coefficient (Wildman–Crippen LogP) is 3.73. The zero-order valence-electron chi connectivity index (χ0n) is 11.9. The Morgan fingerprint density at radius 3 is 2.33 bits per heavy atom. The molecule has 0 aliphatic rings. The van der Waals surface area contributed by atoms with Gasteiger partial charge in [-0.2, -0.15) is 0 Å². The lowest BCUT2D eigenvalue weighted by Crippen LogP contribution is -2.41. The Kier molecular flexibility index (Phi) is 5.28. The van der Waals surface area contributed by atoms with E-state index in [1.54, 1.807) is 6.07 Å². The fourth-order valence-electron chi connectivity index (χ4n) is 2.46. The van der Waals surface area contributed by atoms with Gasteiger partial charge in [-0.3, -0.25) is 0 Å². The first kappa shape index (κ1) is 16.3. The summed E-state index contributed by atoms with van der Waals surface area (Å²) in [7, 11) is 0. The summed E-state index contributed by atoms with van der Waals surface area (Å²) in [6.07, 6.45) is 0.544. The monoisotopic (exact) mass is 323 g/mol. The third-order valence-electron chi connectivity index (χ3n) is 3.92. The van der Waals surface area contributed by atoms with Gasteiger partial charge in [0, 0.05) is 12.0 Å². The molecule has 0 radical (unpaired) electrons. The molecule has 4 heteroatoms. The topological polar surface area (TPSA) is 46.2 Å². The lowest BCUT2D eigenvalue weighted by Gasteiger charge is -2.32. The standard InChI is InChI=1S/C17H19Cl2NO/c1-12-5-7-14(8-6-12)17(10-20,11-21)9-13-3-2-4-15(18)16(13)19/h2-8,21H,9-11,20H2,1H3. The molecule has 0 fully saturated rings. The van der Waals surface area contributed by atoms with Crippen molar-refractivity contribution in [1.29, 1.82) is 0 Å². The smallest absolute Gasteiger partial charge is 0.0624 e. The molecule has 1 unspecified atom stereocenters. The van der Waals surface area contributed by atoms with E-state index in [9.17, 15) is 5.11 Å². The molecule has 0 saturated carbocycles. The molecule has 112 valence electrons. The average Bonchev–Trinajstić information content (AvgIpc) is 2.50. The Balaban J connectivity index is 2.43. The van der Waals surface area contributed by atoms with Crippen LogP contribution >= 0.6 is 23.2 Å². The van der Waals surface area contributed by atoms with Gasteiger partial charge < -0.3 is 10.8 Å². The number of aryl methyl sites for hydroxylation is 1. The van der Waals surface area contributed by atoms with Crippen LogP contribution in [0.4, 0.5) is 0 Å². The molecule has 0 heterocycles. The minimum absolute atomic E-state index is 0.0462. The van der Waals surface area contributed by atoms with Crippen LogP contribution in [-0.2, 0) is 11.8 Å². The first-order chi connectivity index (χ1) is 10.0. The fourth-order valence-corrected chi connectivity index (χ4v) is 2.85. The molecule has 0 aliphatic carbocycles. The first-order valence-electron chi connectivity index (χ1n) is 6.83. The van der Waals surface area contributed by atoms with E-state index in [0.717, 1.165) is 11.1 Å². The van der Waals surface area contributed by atoms with Crippen molar-refractivity contribution in [3.05, 3.63) is 69.2 Å². The van der Waals surface area contributed by atoms with Crippen LogP contribution in [0, 0.1) is 6.92 Å². The van der Waals surface area contributed by atoms with Gasteiger partial charge in [-0.1, -0.05) is 65.2 Å². The van der Waals surface area contributed by atoms with E-state index in [1.807, 2.05) is 43.3 Å². The lowest BCUT2D eigenvalue weighted by molar-refractivity contribution is 0.196. The molecular weight excluding hydrogens is 305 g/mol. The second-order valence-electron chi connectivity index (χ2n) is 5.40. The number of rotatable bonds is 5. The number of aliphatic hydroxyl groups excluding tert-OH is 1.